The molecule has 0 saturated heterocycles. The van der Waals surface area contributed by atoms with Crippen molar-refractivity contribution in [2.75, 3.05) is 42.7 Å². The van der Waals surface area contributed by atoms with Crippen LogP contribution in [0.3, 0.4) is 0 Å². The molecule has 0 aromatic heterocycles. The second-order valence-electron chi connectivity index (χ2n) is 11.4. The first-order valence-corrected chi connectivity index (χ1v) is 24.2. The standard InChI is InChI=1S/C28H66O6Si4/c1-29-26(30-2)35-20-14-8-11-17-23-38(7,24-18-12-9-15-21-36-27(31-3)32-4)25-19-13-10-16-22-37-28(33-5)34-6/h26-28H,8-25,35-37H2,1-7H3. The van der Waals surface area contributed by atoms with Crippen LogP contribution in [0.25, 0.3) is 0 Å². The Morgan fingerprint density at radius 3 is 0.868 bits per heavy atom. The van der Waals surface area contributed by atoms with Gasteiger partial charge in [0.15, 0.2) is 0 Å². The second kappa shape index (κ2) is 27.8. The Kier molecular flexibility index (Phi) is 28.2. The number of methoxy groups -OCH3 is 6. The molecule has 0 aliphatic rings. The van der Waals surface area contributed by atoms with E-state index in [4.69, 9.17) is 28.4 Å². The summed E-state index contributed by atoms with van der Waals surface area (Å²) in [6, 6.07) is 8.65. The maximum absolute atomic E-state index is 5.38. The first-order chi connectivity index (χ1) is 18.5. The molecule has 0 spiro atoms. The summed E-state index contributed by atoms with van der Waals surface area (Å²) < 4.78 is 32.3. The van der Waals surface area contributed by atoms with E-state index >= 15 is 0 Å². The van der Waals surface area contributed by atoms with Crippen LogP contribution in [0.4, 0.5) is 0 Å². The number of hydrogen-bond acceptors (Lipinski definition) is 6. The first kappa shape index (κ1) is 38.6. The summed E-state index contributed by atoms with van der Waals surface area (Å²) >= 11 is 0. The predicted molar refractivity (Wildman–Crippen MR) is 175 cm³/mol. The minimum atomic E-state index is -1.14. The number of unbranched alkanes of at least 4 members (excludes halogenated alkanes) is 9. The van der Waals surface area contributed by atoms with E-state index in [1.807, 2.05) is 0 Å². The van der Waals surface area contributed by atoms with Crippen molar-refractivity contribution in [3.8, 4) is 0 Å². The van der Waals surface area contributed by atoms with Crippen molar-refractivity contribution in [1.82, 2.24) is 0 Å². The zero-order valence-corrected chi connectivity index (χ0v) is 31.8. The second-order valence-corrected chi connectivity index (χ2v) is 22.4. The van der Waals surface area contributed by atoms with Gasteiger partial charge in [-0.3, -0.25) is 0 Å². The van der Waals surface area contributed by atoms with E-state index in [1.54, 1.807) is 42.7 Å². The van der Waals surface area contributed by atoms with Gasteiger partial charge in [0.2, 0.25) is 0 Å². The lowest BCUT2D eigenvalue weighted by molar-refractivity contribution is -0.0442. The van der Waals surface area contributed by atoms with Gasteiger partial charge in [0, 0.05) is 42.7 Å². The van der Waals surface area contributed by atoms with E-state index in [9.17, 15) is 0 Å². The van der Waals surface area contributed by atoms with Crippen molar-refractivity contribution < 1.29 is 28.4 Å². The molecule has 0 saturated carbocycles. The molecule has 10 heteroatoms. The Labute approximate surface area is 244 Å². The van der Waals surface area contributed by atoms with Gasteiger partial charge in [-0.25, -0.2) is 0 Å². The number of ether oxygens (including phenoxy) is 6. The Morgan fingerprint density at radius 1 is 0.395 bits per heavy atom. The fraction of sp³-hybridized carbons (Fsp3) is 1.00. The quantitative estimate of drug-likeness (QED) is 0.0630. The summed E-state index contributed by atoms with van der Waals surface area (Å²) in [6.45, 7) is 2.73. The Bertz CT molecular complexity index is 416. The highest BCUT2D eigenvalue weighted by Crippen LogP contribution is 2.29. The van der Waals surface area contributed by atoms with Crippen LogP contribution in [0.15, 0.2) is 0 Å². The molecule has 0 atom stereocenters. The zero-order valence-electron chi connectivity index (χ0n) is 26.5. The summed E-state index contributed by atoms with van der Waals surface area (Å²) in [6.07, 6.45) is 16.8. The van der Waals surface area contributed by atoms with E-state index in [-0.39, 0.29) is 46.3 Å². The maximum atomic E-state index is 5.38. The molecule has 0 heterocycles. The lowest BCUT2D eigenvalue weighted by Crippen LogP contribution is -2.29. The van der Waals surface area contributed by atoms with Crippen LogP contribution in [0, 0.1) is 0 Å². The molecule has 0 amide bonds. The Hall–Kier alpha value is 0.628. The summed E-state index contributed by atoms with van der Waals surface area (Å²) in [5, 5.41) is 0. The normalized spacial score (nSPS) is 14.7. The molecular formula is C28H66O6Si4. The molecule has 0 fully saturated rings. The van der Waals surface area contributed by atoms with Crippen LogP contribution in [-0.4, -0.2) is 97.0 Å². The first-order valence-electron chi connectivity index (χ1n) is 15.6. The molecule has 0 unspecified atom stereocenters. The zero-order chi connectivity index (χ0) is 28.3. The van der Waals surface area contributed by atoms with Crippen LogP contribution in [0.2, 0.25) is 42.8 Å². The highest BCUT2D eigenvalue weighted by molar-refractivity contribution is 6.78. The van der Waals surface area contributed by atoms with Crippen LogP contribution in [0.1, 0.15) is 77.0 Å². The molecular weight excluding hydrogens is 545 g/mol. The molecule has 0 aromatic rings. The molecule has 0 N–H and O–H groups in total. The molecule has 0 aliphatic carbocycles. The van der Waals surface area contributed by atoms with Crippen LogP contribution in [-0.2, 0) is 28.4 Å². The predicted octanol–water partition coefficient (Wildman–Crippen LogP) is 5.24. The van der Waals surface area contributed by atoms with Crippen molar-refractivity contribution >= 4 is 36.6 Å². The van der Waals surface area contributed by atoms with Crippen molar-refractivity contribution in [1.29, 1.82) is 0 Å². The molecule has 38 heavy (non-hydrogen) atoms. The SMILES string of the molecule is COC(OC)[SiH2]CCCCCC[Si](C)(CCCCCC[SiH2]C(OC)OC)CCCCCC[SiH2]C(OC)OC. The summed E-state index contributed by atoms with van der Waals surface area (Å²) in [5.74, 6) is 0.328. The van der Waals surface area contributed by atoms with Crippen LogP contribution < -0.4 is 0 Å². The van der Waals surface area contributed by atoms with Gasteiger partial charge >= 0.3 is 0 Å². The lowest BCUT2D eigenvalue weighted by atomic mass is 10.2. The fourth-order valence-corrected chi connectivity index (χ4v) is 14.0. The van der Waals surface area contributed by atoms with Gasteiger partial charge in [0.25, 0.3) is 0 Å². The third kappa shape index (κ3) is 22.3. The van der Waals surface area contributed by atoms with Gasteiger partial charge in [-0.1, -0.05) is 120 Å². The molecule has 0 aliphatic heterocycles. The van der Waals surface area contributed by atoms with Crippen molar-refractivity contribution in [3.63, 3.8) is 0 Å². The molecule has 0 rings (SSSR count). The monoisotopic (exact) mass is 610 g/mol. The Balaban J connectivity index is 4.28. The van der Waals surface area contributed by atoms with E-state index in [2.05, 4.69) is 6.55 Å². The fourth-order valence-electron chi connectivity index (χ4n) is 5.55. The molecule has 6 nitrogen and oxygen atoms in total. The average Bonchev–Trinajstić information content (AvgIpc) is 2.93. The third-order valence-electron chi connectivity index (χ3n) is 8.24. The van der Waals surface area contributed by atoms with Gasteiger partial charge in [-0.05, 0) is 0 Å². The minimum absolute atomic E-state index is 0.109. The van der Waals surface area contributed by atoms with Crippen LogP contribution in [0.5, 0.6) is 0 Å². The lowest BCUT2D eigenvalue weighted by Gasteiger charge is -2.28. The third-order valence-corrected chi connectivity index (χ3v) is 19.1. The van der Waals surface area contributed by atoms with Crippen LogP contribution >= 0.6 is 0 Å². The van der Waals surface area contributed by atoms with Crippen molar-refractivity contribution in [3.05, 3.63) is 0 Å². The van der Waals surface area contributed by atoms with Gasteiger partial charge in [-0.15, -0.1) is 0 Å². The summed E-state index contributed by atoms with van der Waals surface area (Å²) in [5.41, 5.74) is 0. The molecule has 0 bridgehead atoms. The van der Waals surface area contributed by atoms with E-state index < -0.39 is 8.07 Å². The highest BCUT2D eigenvalue weighted by Gasteiger charge is 2.25. The maximum Gasteiger partial charge on any atom is 0.134 e. The summed E-state index contributed by atoms with van der Waals surface area (Å²) in [7, 11) is 8.73. The Morgan fingerprint density at radius 2 is 0.632 bits per heavy atom. The van der Waals surface area contributed by atoms with E-state index in [0.29, 0.717) is 0 Å². The smallest absolute Gasteiger partial charge is 0.134 e. The van der Waals surface area contributed by atoms with Gasteiger partial charge < -0.3 is 28.4 Å². The van der Waals surface area contributed by atoms with E-state index in [1.165, 1.54) is 113 Å². The number of hydrogen-bond donors (Lipinski definition) is 0. The average molecular weight is 611 g/mol. The molecule has 0 aromatic carbocycles. The molecule has 0 radical (unpaired) electrons. The largest absolute Gasteiger partial charge is 0.360 e. The molecule has 230 valence electrons. The minimum Gasteiger partial charge on any atom is -0.360 e. The van der Waals surface area contributed by atoms with Gasteiger partial charge in [0.05, 0.1) is 36.6 Å². The highest BCUT2D eigenvalue weighted by atomic mass is 28.3. The van der Waals surface area contributed by atoms with E-state index in [0.717, 1.165) is 0 Å². The topological polar surface area (TPSA) is 55.4 Å². The number of rotatable bonds is 30. The van der Waals surface area contributed by atoms with Crippen molar-refractivity contribution in [2.24, 2.45) is 0 Å². The summed E-state index contributed by atoms with van der Waals surface area (Å²) in [4.78, 5) is 0. The van der Waals surface area contributed by atoms with Gasteiger partial charge in [0.1, 0.15) is 17.7 Å². The van der Waals surface area contributed by atoms with Crippen molar-refractivity contribution in [2.45, 2.75) is 138 Å². The van der Waals surface area contributed by atoms with Gasteiger partial charge in [-0.2, -0.15) is 0 Å².